The largest absolute Gasteiger partial charge is 0.454 e. The number of ketones is 1. The van der Waals surface area contributed by atoms with Crippen LogP contribution in [0.4, 0.5) is 0 Å². The number of rotatable bonds is 7. The topological polar surface area (TPSA) is 72.5 Å². The fraction of sp³-hybridized carbons (Fsp3) is 0.571. The molecule has 0 aliphatic heterocycles. The lowest BCUT2D eigenvalue weighted by molar-refractivity contribution is -0.129. The zero-order valence-corrected chi connectivity index (χ0v) is 17.4. The number of ether oxygens (including phenoxy) is 1. The monoisotopic (exact) mass is 391 g/mol. The summed E-state index contributed by atoms with van der Waals surface area (Å²) in [6.45, 7) is 6.95. The van der Waals surface area contributed by atoms with Crippen molar-refractivity contribution >= 4 is 29.4 Å². The van der Waals surface area contributed by atoms with Crippen LogP contribution in [-0.2, 0) is 14.3 Å². The van der Waals surface area contributed by atoms with Crippen LogP contribution in [-0.4, -0.2) is 35.6 Å². The van der Waals surface area contributed by atoms with Crippen LogP contribution in [0, 0.1) is 5.41 Å². The van der Waals surface area contributed by atoms with Gasteiger partial charge in [-0.25, -0.2) is 4.79 Å². The van der Waals surface area contributed by atoms with Gasteiger partial charge in [0.25, 0.3) is 0 Å². The molecule has 1 fully saturated rings. The van der Waals surface area contributed by atoms with Crippen LogP contribution in [0.25, 0.3) is 0 Å². The molecule has 0 spiro atoms. The van der Waals surface area contributed by atoms with E-state index < -0.39 is 11.4 Å². The summed E-state index contributed by atoms with van der Waals surface area (Å²) < 4.78 is 5.20. The fourth-order valence-corrected chi connectivity index (χ4v) is 3.79. The van der Waals surface area contributed by atoms with Crippen molar-refractivity contribution in [2.75, 3.05) is 6.61 Å². The van der Waals surface area contributed by atoms with E-state index in [1.165, 1.54) is 11.8 Å². The number of Topliss-reactive ketones (excluding diaryl/α,β-unsaturated/α-hetero) is 1. The molecule has 27 heavy (non-hydrogen) atoms. The molecule has 0 bridgehead atoms. The standard InChI is InChI=1S/C21H29NO4S/c1-14(19(24)22-15-9-5-6-10-15)27-17-12-8-7-11-16(17)20(25)26-13-18(23)21(2,3)4/h7-8,11-12,14-15H,5-6,9-10,13H2,1-4H3,(H,22,24). The summed E-state index contributed by atoms with van der Waals surface area (Å²) in [6, 6.07) is 7.29. The molecule has 1 unspecified atom stereocenters. The Balaban J connectivity index is 1.98. The third-order valence-electron chi connectivity index (χ3n) is 4.65. The molecule has 0 radical (unpaired) electrons. The highest BCUT2D eigenvalue weighted by Gasteiger charge is 2.25. The van der Waals surface area contributed by atoms with Gasteiger partial charge < -0.3 is 10.1 Å². The van der Waals surface area contributed by atoms with Crippen LogP contribution >= 0.6 is 11.8 Å². The molecule has 1 aliphatic rings. The first kappa shape index (κ1) is 21.5. The third kappa shape index (κ3) is 6.38. The molecule has 148 valence electrons. The maximum absolute atomic E-state index is 12.4. The van der Waals surface area contributed by atoms with E-state index in [1.807, 2.05) is 13.0 Å². The maximum atomic E-state index is 12.4. The Morgan fingerprint density at radius 3 is 2.44 bits per heavy atom. The van der Waals surface area contributed by atoms with Gasteiger partial charge in [-0.15, -0.1) is 11.8 Å². The van der Waals surface area contributed by atoms with Crippen LogP contribution < -0.4 is 5.32 Å². The van der Waals surface area contributed by atoms with Crippen LogP contribution in [0.15, 0.2) is 29.2 Å². The molecular weight excluding hydrogens is 362 g/mol. The van der Waals surface area contributed by atoms with Crippen molar-refractivity contribution in [3.8, 4) is 0 Å². The van der Waals surface area contributed by atoms with Gasteiger partial charge in [-0.2, -0.15) is 0 Å². The minimum absolute atomic E-state index is 0.0158. The molecule has 1 atom stereocenters. The number of esters is 1. The number of amides is 1. The maximum Gasteiger partial charge on any atom is 0.339 e. The molecule has 1 N–H and O–H groups in total. The number of carbonyl (C=O) groups is 3. The van der Waals surface area contributed by atoms with Crippen LogP contribution in [0.3, 0.4) is 0 Å². The Hall–Kier alpha value is -1.82. The molecule has 2 rings (SSSR count). The van der Waals surface area contributed by atoms with Gasteiger partial charge in [-0.05, 0) is 31.9 Å². The van der Waals surface area contributed by atoms with Gasteiger partial charge in [-0.3, -0.25) is 9.59 Å². The molecule has 5 nitrogen and oxygen atoms in total. The normalized spacial score (nSPS) is 16.0. The quantitative estimate of drug-likeness (QED) is 0.562. The highest BCUT2D eigenvalue weighted by Crippen LogP contribution is 2.28. The van der Waals surface area contributed by atoms with Crippen molar-refractivity contribution < 1.29 is 19.1 Å². The number of hydrogen-bond acceptors (Lipinski definition) is 5. The van der Waals surface area contributed by atoms with Gasteiger partial charge in [0.1, 0.15) is 0 Å². The van der Waals surface area contributed by atoms with Crippen LogP contribution in [0.1, 0.15) is 63.7 Å². The summed E-state index contributed by atoms with van der Waals surface area (Å²) in [5.41, 5.74) is -0.175. The number of carbonyl (C=O) groups excluding carboxylic acids is 3. The van der Waals surface area contributed by atoms with Gasteiger partial charge in [0.05, 0.1) is 10.8 Å². The number of nitrogens with one attached hydrogen (secondary N) is 1. The molecule has 1 aromatic carbocycles. The van der Waals surface area contributed by atoms with E-state index in [0.717, 1.165) is 25.7 Å². The molecule has 1 aliphatic carbocycles. The van der Waals surface area contributed by atoms with Crippen molar-refractivity contribution in [3.05, 3.63) is 29.8 Å². The first-order chi connectivity index (χ1) is 12.7. The molecule has 0 saturated heterocycles. The van der Waals surface area contributed by atoms with E-state index in [4.69, 9.17) is 4.74 Å². The van der Waals surface area contributed by atoms with Gasteiger partial charge in [-0.1, -0.05) is 45.7 Å². The van der Waals surface area contributed by atoms with E-state index in [0.29, 0.717) is 10.5 Å². The second-order valence-electron chi connectivity index (χ2n) is 8.00. The van der Waals surface area contributed by atoms with Crippen molar-refractivity contribution in [2.24, 2.45) is 5.41 Å². The Kier molecular flexibility index (Phi) is 7.48. The van der Waals surface area contributed by atoms with Crippen molar-refractivity contribution in [1.29, 1.82) is 0 Å². The van der Waals surface area contributed by atoms with E-state index in [9.17, 15) is 14.4 Å². The second-order valence-corrected chi connectivity index (χ2v) is 9.38. The van der Waals surface area contributed by atoms with Crippen molar-refractivity contribution in [1.82, 2.24) is 5.32 Å². The predicted molar refractivity (Wildman–Crippen MR) is 107 cm³/mol. The second kappa shape index (κ2) is 9.40. The van der Waals surface area contributed by atoms with E-state index in [1.54, 1.807) is 39.0 Å². The van der Waals surface area contributed by atoms with E-state index >= 15 is 0 Å². The minimum atomic E-state index is -0.554. The van der Waals surface area contributed by atoms with Gasteiger partial charge in [0.15, 0.2) is 12.4 Å². The van der Waals surface area contributed by atoms with Crippen molar-refractivity contribution in [2.45, 2.75) is 69.6 Å². The van der Waals surface area contributed by atoms with E-state index in [-0.39, 0.29) is 29.6 Å². The van der Waals surface area contributed by atoms with Gasteiger partial charge in [0, 0.05) is 16.4 Å². The van der Waals surface area contributed by atoms with Gasteiger partial charge >= 0.3 is 5.97 Å². The number of benzene rings is 1. The van der Waals surface area contributed by atoms with Gasteiger partial charge in [0.2, 0.25) is 5.91 Å². The van der Waals surface area contributed by atoms with Crippen molar-refractivity contribution in [3.63, 3.8) is 0 Å². The lowest BCUT2D eigenvalue weighted by atomic mass is 9.91. The summed E-state index contributed by atoms with van der Waals surface area (Å²) in [4.78, 5) is 37.5. The van der Waals surface area contributed by atoms with Crippen LogP contribution in [0.2, 0.25) is 0 Å². The zero-order chi connectivity index (χ0) is 20.0. The first-order valence-electron chi connectivity index (χ1n) is 9.45. The van der Waals surface area contributed by atoms with E-state index in [2.05, 4.69) is 5.32 Å². The fourth-order valence-electron chi connectivity index (χ4n) is 2.80. The molecular formula is C21H29NO4S. The average molecular weight is 392 g/mol. The highest BCUT2D eigenvalue weighted by molar-refractivity contribution is 8.00. The predicted octanol–water partition coefficient (Wildman–Crippen LogP) is 4.00. The Bertz CT molecular complexity index is 690. The molecule has 0 aromatic heterocycles. The summed E-state index contributed by atoms with van der Waals surface area (Å²) in [7, 11) is 0. The minimum Gasteiger partial charge on any atom is -0.454 e. The molecule has 6 heteroatoms. The molecule has 0 heterocycles. The Labute approximate surface area is 165 Å². The molecule has 1 amide bonds. The summed E-state index contributed by atoms with van der Waals surface area (Å²) in [6.07, 6.45) is 4.39. The highest BCUT2D eigenvalue weighted by atomic mass is 32.2. The summed E-state index contributed by atoms with van der Waals surface area (Å²) >= 11 is 1.33. The molecule has 1 saturated carbocycles. The summed E-state index contributed by atoms with van der Waals surface area (Å²) in [5.74, 6) is -0.692. The molecule has 1 aromatic rings. The zero-order valence-electron chi connectivity index (χ0n) is 16.5. The summed E-state index contributed by atoms with van der Waals surface area (Å²) in [5, 5.41) is 2.76. The Morgan fingerprint density at radius 1 is 1.19 bits per heavy atom. The Morgan fingerprint density at radius 2 is 1.81 bits per heavy atom. The SMILES string of the molecule is CC(Sc1ccccc1C(=O)OCC(=O)C(C)(C)C)C(=O)NC1CCCC1. The lowest BCUT2D eigenvalue weighted by Gasteiger charge is -2.18. The smallest absolute Gasteiger partial charge is 0.339 e. The lowest BCUT2D eigenvalue weighted by Crippen LogP contribution is -2.37. The first-order valence-corrected chi connectivity index (χ1v) is 10.3. The van der Waals surface area contributed by atoms with Crippen LogP contribution in [0.5, 0.6) is 0 Å². The number of thioether (sulfide) groups is 1. The third-order valence-corrected chi connectivity index (χ3v) is 5.83. The number of hydrogen-bond donors (Lipinski definition) is 1. The average Bonchev–Trinajstić information content (AvgIpc) is 3.11.